The third-order valence-corrected chi connectivity index (χ3v) is 10.7. The monoisotopic (exact) mass is 808 g/mol. The molecule has 7 aromatic carbocycles. The molecule has 7 aromatic rings. The summed E-state index contributed by atoms with van der Waals surface area (Å²) >= 11 is 0. The van der Waals surface area contributed by atoms with Gasteiger partial charge in [0.2, 0.25) is 0 Å². The fourth-order valence-corrected chi connectivity index (χ4v) is 7.48. The molecule has 0 fully saturated rings. The molecule has 7 heteroatoms. The van der Waals surface area contributed by atoms with Crippen molar-refractivity contribution < 1.29 is 23.8 Å². The number of rotatable bonds is 20. The van der Waals surface area contributed by atoms with Crippen LogP contribution in [0.5, 0.6) is 11.5 Å². The van der Waals surface area contributed by atoms with E-state index in [1.165, 1.54) is 7.11 Å². The van der Waals surface area contributed by atoms with Gasteiger partial charge in [-0.2, -0.15) is 0 Å². The van der Waals surface area contributed by atoms with Crippen molar-refractivity contribution >= 4 is 11.9 Å². The number of carbonyl (C=O) groups is 2. The first-order valence-electron chi connectivity index (χ1n) is 20.8. The summed E-state index contributed by atoms with van der Waals surface area (Å²) in [5.74, 6) is 0.807. The number of benzene rings is 7. The van der Waals surface area contributed by atoms with Gasteiger partial charge in [0, 0.05) is 26.2 Å². The minimum atomic E-state index is -0.548. The molecule has 0 unspecified atom stereocenters. The molecule has 0 aliphatic heterocycles. The zero-order valence-corrected chi connectivity index (χ0v) is 34.6. The van der Waals surface area contributed by atoms with Crippen molar-refractivity contribution in [3.63, 3.8) is 0 Å². The van der Waals surface area contributed by atoms with Crippen LogP contribution in [0.15, 0.2) is 200 Å². The second kappa shape index (κ2) is 22.0. The van der Waals surface area contributed by atoms with Crippen LogP contribution in [0.3, 0.4) is 0 Å². The Bertz CT molecular complexity index is 2280. The van der Waals surface area contributed by atoms with E-state index in [2.05, 4.69) is 58.3 Å². The van der Waals surface area contributed by atoms with Gasteiger partial charge in [-0.1, -0.05) is 176 Å². The van der Waals surface area contributed by atoms with Crippen molar-refractivity contribution in [3.05, 3.63) is 239 Å². The van der Waals surface area contributed by atoms with Gasteiger partial charge in [0.1, 0.15) is 30.2 Å². The Morgan fingerprint density at radius 2 is 0.705 bits per heavy atom. The van der Waals surface area contributed by atoms with Gasteiger partial charge in [-0.25, -0.2) is 0 Å². The summed E-state index contributed by atoms with van der Waals surface area (Å²) < 4.78 is 17.7. The summed E-state index contributed by atoms with van der Waals surface area (Å²) in [6.45, 7) is 2.56. The second-order valence-corrected chi connectivity index (χ2v) is 15.2. The summed E-state index contributed by atoms with van der Waals surface area (Å²) in [5.41, 5.74) is 7.40. The predicted octanol–water partition coefficient (Wildman–Crippen LogP) is 10.6. The maximum absolute atomic E-state index is 14.1. The molecule has 0 aliphatic carbocycles. The summed E-state index contributed by atoms with van der Waals surface area (Å²) in [7, 11) is 1.45. The normalized spacial score (nSPS) is 12.1. The Balaban J connectivity index is 1.05. The van der Waals surface area contributed by atoms with Gasteiger partial charge >= 0.3 is 11.9 Å². The second-order valence-electron chi connectivity index (χ2n) is 15.2. The molecule has 0 N–H and O–H groups in total. The SMILES string of the molecule is COC(=O)[C@H](Cc1ccc(Oc2ccc(C[C@@H](C(=O)OCc3ccccc3)N(Cc3ccccc3)Cc3ccccc3)cc2)cc1)N(Cc1ccccc1)Cc1ccccc1. The van der Waals surface area contributed by atoms with Gasteiger partial charge in [0.15, 0.2) is 0 Å². The highest BCUT2D eigenvalue weighted by atomic mass is 16.5. The van der Waals surface area contributed by atoms with E-state index in [-0.39, 0.29) is 18.5 Å². The van der Waals surface area contributed by atoms with E-state index in [1.54, 1.807) is 0 Å². The van der Waals surface area contributed by atoms with E-state index in [0.29, 0.717) is 50.5 Å². The van der Waals surface area contributed by atoms with Gasteiger partial charge in [0.05, 0.1) is 7.11 Å². The van der Waals surface area contributed by atoms with Crippen LogP contribution >= 0.6 is 0 Å². The van der Waals surface area contributed by atoms with Crippen molar-refractivity contribution in [2.45, 2.75) is 57.7 Å². The van der Waals surface area contributed by atoms with E-state index in [1.807, 2.05) is 152 Å². The van der Waals surface area contributed by atoms with Crippen LogP contribution < -0.4 is 4.74 Å². The molecule has 0 saturated heterocycles. The molecule has 7 rings (SSSR count). The average molecular weight is 809 g/mol. The van der Waals surface area contributed by atoms with E-state index in [0.717, 1.165) is 38.9 Å². The van der Waals surface area contributed by atoms with Crippen LogP contribution in [0.25, 0.3) is 0 Å². The molecule has 308 valence electrons. The third-order valence-electron chi connectivity index (χ3n) is 10.7. The van der Waals surface area contributed by atoms with E-state index in [9.17, 15) is 9.59 Å². The fraction of sp³-hybridized carbons (Fsp3) is 0.185. The van der Waals surface area contributed by atoms with E-state index >= 15 is 0 Å². The summed E-state index contributed by atoms with van der Waals surface area (Å²) in [5, 5.41) is 0. The van der Waals surface area contributed by atoms with Crippen LogP contribution in [0, 0.1) is 0 Å². The van der Waals surface area contributed by atoms with Crippen molar-refractivity contribution in [1.29, 1.82) is 0 Å². The Morgan fingerprint density at radius 1 is 0.393 bits per heavy atom. The van der Waals surface area contributed by atoms with Crippen LogP contribution in [0.2, 0.25) is 0 Å². The molecule has 0 amide bonds. The quantitative estimate of drug-likeness (QED) is 0.0711. The Morgan fingerprint density at radius 3 is 1.03 bits per heavy atom. The first-order chi connectivity index (χ1) is 30.0. The van der Waals surface area contributed by atoms with Gasteiger partial charge in [-0.05, 0) is 76.1 Å². The first-order valence-corrected chi connectivity index (χ1v) is 20.8. The van der Waals surface area contributed by atoms with Crippen LogP contribution in [0.4, 0.5) is 0 Å². The molecule has 0 bridgehead atoms. The zero-order valence-electron chi connectivity index (χ0n) is 34.6. The van der Waals surface area contributed by atoms with Crippen LogP contribution in [-0.4, -0.2) is 40.9 Å². The van der Waals surface area contributed by atoms with E-state index in [4.69, 9.17) is 14.2 Å². The number of ether oxygens (including phenoxy) is 3. The lowest BCUT2D eigenvalue weighted by atomic mass is 10.0. The molecule has 0 heterocycles. The van der Waals surface area contributed by atoms with Crippen LogP contribution in [-0.2, 0) is 64.7 Å². The molecule has 0 radical (unpaired) electrons. The number of hydrogen-bond acceptors (Lipinski definition) is 7. The van der Waals surface area contributed by atoms with Gasteiger partial charge in [-0.15, -0.1) is 0 Å². The van der Waals surface area contributed by atoms with Crippen molar-refractivity contribution in [2.24, 2.45) is 0 Å². The van der Waals surface area contributed by atoms with Crippen molar-refractivity contribution in [2.75, 3.05) is 7.11 Å². The lowest BCUT2D eigenvalue weighted by molar-refractivity contribution is -0.152. The standard InChI is InChI=1S/C54H52N2O5/c1-59-53(57)51(55(37-44-17-7-2-8-18-44)38-45-19-9-3-10-20-45)35-42-27-31-49(32-28-42)61-50-33-29-43(30-34-50)36-52(54(58)60-41-48-25-15-6-16-26-48)56(39-46-21-11-4-12-22-46)40-47-23-13-5-14-24-47/h2-34,51-52H,35-41H2,1H3/t51-,52-/m0/s1. The number of carbonyl (C=O) groups excluding carboxylic acids is 2. The zero-order chi connectivity index (χ0) is 42.1. The molecular formula is C54H52N2O5. The Hall–Kier alpha value is -6.80. The highest BCUT2D eigenvalue weighted by Gasteiger charge is 2.30. The molecule has 7 nitrogen and oxygen atoms in total. The molecule has 2 atom stereocenters. The molecule has 0 spiro atoms. The molecular weight excluding hydrogens is 757 g/mol. The lowest BCUT2D eigenvalue weighted by Crippen LogP contribution is -2.43. The molecule has 61 heavy (non-hydrogen) atoms. The topological polar surface area (TPSA) is 68.3 Å². The summed E-state index contributed by atoms with van der Waals surface area (Å²) in [6.07, 6.45) is 0.928. The molecule has 0 aromatic heterocycles. The average Bonchev–Trinajstić information content (AvgIpc) is 3.31. The minimum absolute atomic E-state index is 0.204. The lowest BCUT2D eigenvalue weighted by Gasteiger charge is -2.31. The van der Waals surface area contributed by atoms with Gasteiger partial charge in [0.25, 0.3) is 0 Å². The van der Waals surface area contributed by atoms with Crippen LogP contribution in [0.1, 0.15) is 38.9 Å². The molecule has 0 aliphatic rings. The maximum atomic E-state index is 14.1. The highest BCUT2D eigenvalue weighted by molar-refractivity contribution is 5.77. The number of esters is 2. The first kappa shape index (κ1) is 42.3. The number of nitrogens with zero attached hydrogens (tertiary/aromatic N) is 2. The third kappa shape index (κ3) is 12.8. The van der Waals surface area contributed by atoms with Crippen molar-refractivity contribution in [1.82, 2.24) is 9.80 Å². The Labute approximate surface area is 359 Å². The minimum Gasteiger partial charge on any atom is -0.468 e. The molecule has 0 saturated carbocycles. The van der Waals surface area contributed by atoms with E-state index < -0.39 is 12.1 Å². The Kier molecular flexibility index (Phi) is 15.3. The maximum Gasteiger partial charge on any atom is 0.324 e. The van der Waals surface area contributed by atoms with Gasteiger partial charge < -0.3 is 14.2 Å². The van der Waals surface area contributed by atoms with Gasteiger partial charge in [-0.3, -0.25) is 19.4 Å². The number of methoxy groups -OCH3 is 1. The summed E-state index contributed by atoms with van der Waals surface area (Å²) in [4.78, 5) is 31.8. The smallest absolute Gasteiger partial charge is 0.324 e. The largest absolute Gasteiger partial charge is 0.468 e. The van der Waals surface area contributed by atoms with Crippen molar-refractivity contribution in [3.8, 4) is 11.5 Å². The highest BCUT2D eigenvalue weighted by Crippen LogP contribution is 2.26. The fourth-order valence-electron chi connectivity index (χ4n) is 7.48. The predicted molar refractivity (Wildman–Crippen MR) is 240 cm³/mol. The summed E-state index contributed by atoms with van der Waals surface area (Å²) in [6, 6.07) is 65.4. The number of hydrogen-bond donors (Lipinski definition) is 0.